The predicted octanol–water partition coefficient (Wildman–Crippen LogP) is 3.54. The van der Waals surface area contributed by atoms with Gasteiger partial charge >= 0.3 is 0 Å². The van der Waals surface area contributed by atoms with Crippen LogP contribution in [-0.4, -0.2) is 18.9 Å². The zero-order valence-corrected chi connectivity index (χ0v) is 14.5. The van der Waals surface area contributed by atoms with E-state index in [4.69, 9.17) is 0 Å². The average molecular weight is 354 g/mol. The normalized spacial score (nSPS) is 11.2. The van der Waals surface area contributed by atoms with Crippen LogP contribution in [0.1, 0.15) is 11.3 Å². The number of aryl methyl sites for hydroxylation is 1. The van der Waals surface area contributed by atoms with Gasteiger partial charge in [0, 0.05) is 35.8 Å². The minimum absolute atomic E-state index is 0.0425. The van der Waals surface area contributed by atoms with Gasteiger partial charge in [-0.25, -0.2) is 9.97 Å². The maximum absolute atomic E-state index is 12.1. The second-order valence-corrected chi connectivity index (χ2v) is 7.11. The highest BCUT2D eigenvalue weighted by Gasteiger charge is 2.10. The zero-order valence-electron chi connectivity index (χ0n) is 12.9. The molecule has 0 unspecified atom stereocenters. The number of hydrogen-bond acceptors (Lipinski definition) is 5. The smallest absolute Gasteiger partial charge is 0.258 e. The summed E-state index contributed by atoms with van der Waals surface area (Å²) < 4.78 is 3.63. The largest absolute Gasteiger partial charge is 0.295 e. The Kier molecular flexibility index (Phi) is 3.95. The van der Waals surface area contributed by atoms with Crippen molar-refractivity contribution in [3.63, 3.8) is 0 Å². The number of hydrogen-bond donors (Lipinski definition) is 0. The van der Waals surface area contributed by atoms with Gasteiger partial charge in [0.15, 0.2) is 10.1 Å². The van der Waals surface area contributed by atoms with E-state index in [0.29, 0.717) is 5.75 Å². The number of thiazole rings is 1. The molecule has 24 heavy (non-hydrogen) atoms. The summed E-state index contributed by atoms with van der Waals surface area (Å²) in [5.74, 6) is 0.604. The van der Waals surface area contributed by atoms with E-state index in [0.717, 1.165) is 21.5 Å². The molecule has 0 amide bonds. The summed E-state index contributed by atoms with van der Waals surface area (Å²) in [4.78, 5) is 21.8. The van der Waals surface area contributed by atoms with Crippen LogP contribution in [0.3, 0.4) is 0 Å². The summed E-state index contributed by atoms with van der Waals surface area (Å²) in [6, 6.07) is 9.79. The Bertz CT molecular complexity index is 1060. The molecule has 0 atom stereocenters. The van der Waals surface area contributed by atoms with Crippen molar-refractivity contribution in [2.24, 2.45) is 0 Å². The molecule has 0 radical (unpaired) electrons. The van der Waals surface area contributed by atoms with Crippen LogP contribution in [0, 0.1) is 6.92 Å². The number of aromatic nitrogens is 4. The minimum Gasteiger partial charge on any atom is -0.295 e. The van der Waals surface area contributed by atoms with Crippen molar-refractivity contribution < 1.29 is 0 Å². The summed E-state index contributed by atoms with van der Waals surface area (Å²) >= 11 is 3.04. The van der Waals surface area contributed by atoms with Crippen LogP contribution >= 0.6 is 23.1 Å². The fraction of sp³-hybridized carbons (Fsp3) is 0.118. The lowest BCUT2D eigenvalue weighted by atomic mass is 10.2. The van der Waals surface area contributed by atoms with Crippen LogP contribution < -0.4 is 5.56 Å². The van der Waals surface area contributed by atoms with Crippen LogP contribution in [0.25, 0.3) is 10.6 Å². The molecule has 3 heterocycles. The molecule has 0 saturated carbocycles. The van der Waals surface area contributed by atoms with E-state index >= 15 is 0 Å². The van der Waals surface area contributed by atoms with Crippen LogP contribution in [0.5, 0.6) is 0 Å². The van der Waals surface area contributed by atoms with E-state index in [2.05, 4.69) is 33.6 Å². The molecule has 0 aliphatic heterocycles. The van der Waals surface area contributed by atoms with Gasteiger partial charge in [-0.05, 0) is 18.6 Å². The fourth-order valence-electron chi connectivity index (χ4n) is 2.51. The number of rotatable bonds is 4. The monoisotopic (exact) mass is 354 g/mol. The molecule has 0 aliphatic rings. The quantitative estimate of drug-likeness (QED) is 0.526. The minimum atomic E-state index is -0.0425. The predicted molar refractivity (Wildman–Crippen MR) is 97.2 cm³/mol. The summed E-state index contributed by atoms with van der Waals surface area (Å²) in [7, 11) is 0. The highest BCUT2D eigenvalue weighted by atomic mass is 32.2. The average Bonchev–Trinajstić information content (AvgIpc) is 3.22. The van der Waals surface area contributed by atoms with E-state index in [1.54, 1.807) is 34.6 Å². The highest BCUT2D eigenvalue weighted by molar-refractivity contribution is 7.98. The molecule has 1 aromatic carbocycles. The Morgan fingerprint density at radius 3 is 3.00 bits per heavy atom. The third-order valence-electron chi connectivity index (χ3n) is 3.69. The highest BCUT2D eigenvalue weighted by Crippen LogP contribution is 2.25. The van der Waals surface area contributed by atoms with Crippen LogP contribution in [-0.2, 0) is 5.75 Å². The molecule has 7 heteroatoms. The van der Waals surface area contributed by atoms with Crippen LogP contribution in [0.4, 0.5) is 0 Å². The number of imidazole rings is 1. The first-order valence-electron chi connectivity index (χ1n) is 7.40. The summed E-state index contributed by atoms with van der Waals surface area (Å²) in [5, 5.41) is 2.75. The van der Waals surface area contributed by atoms with Crippen molar-refractivity contribution in [1.82, 2.24) is 18.9 Å². The van der Waals surface area contributed by atoms with E-state index in [1.165, 1.54) is 16.9 Å². The summed E-state index contributed by atoms with van der Waals surface area (Å²) in [6.07, 6.45) is 5.49. The van der Waals surface area contributed by atoms with Crippen molar-refractivity contribution >= 4 is 28.1 Å². The first-order valence-corrected chi connectivity index (χ1v) is 9.27. The van der Waals surface area contributed by atoms with E-state index < -0.39 is 0 Å². The second kappa shape index (κ2) is 6.26. The van der Waals surface area contributed by atoms with Crippen LogP contribution in [0.15, 0.2) is 64.3 Å². The summed E-state index contributed by atoms with van der Waals surface area (Å²) in [5.41, 5.74) is 3.03. The molecule has 0 saturated heterocycles. The van der Waals surface area contributed by atoms with Gasteiger partial charge in [-0.2, -0.15) is 0 Å². The Labute approximate surface area is 146 Å². The lowest BCUT2D eigenvalue weighted by Gasteiger charge is -2.10. The Morgan fingerprint density at radius 2 is 2.12 bits per heavy atom. The fourth-order valence-corrected chi connectivity index (χ4v) is 4.11. The van der Waals surface area contributed by atoms with Crippen LogP contribution in [0.2, 0.25) is 0 Å². The standard InChI is InChI=1S/C17H14N4OS2/c1-12-4-2-3-5-14(12)20-7-6-18-16(20)24-11-13-10-15(22)21-8-9-23-17(21)19-13/h2-10H,11H2,1H3. The molecule has 3 aromatic heterocycles. The molecule has 0 bridgehead atoms. The van der Waals surface area contributed by atoms with Gasteiger partial charge in [0.05, 0.1) is 11.4 Å². The van der Waals surface area contributed by atoms with Gasteiger partial charge in [0.2, 0.25) is 0 Å². The van der Waals surface area contributed by atoms with E-state index in [-0.39, 0.29) is 5.56 Å². The summed E-state index contributed by atoms with van der Waals surface area (Å²) in [6.45, 7) is 2.08. The number of fused-ring (bicyclic) bond motifs is 1. The molecule has 0 N–H and O–H groups in total. The van der Waals surface area contributed by atoms with Gasteiger partial charge in [0.25, 0.3) is 5.56 Å². The lowest BCUT2D eigenvalue weighted by molar-refractivity contribution is 0.886. The third kappa shape index (κ3) is 2.76. The molecular formula is C17H14N4OS2. The second-order valence-electron chi connectivity index (χ2n) is 5.30. The zero-order chi connectivity index (χ0) is 16.5. The Balaban J connectivity index is 1.61. The third-order valence-corrected chi connectivity index (χ3v) is 5.44. The molecule has 0 aliphatic carbocycles. The SMILES string of the molecule is Cc1ccccc1-n1ccnc1SCc1cc(=O)n2ccsc2n1. The number of para-hydroxylation sites is 1. The van der Waals surface area contributed by atoms with Crippen molar-refractivity contribution in [2.75, 3.05) is 0 Å². The molecule has 0 fully saturated rings. The van der Waals surface area contributed by atoms with Gasteiger partial charge in [0.1, 0.15) is 0 Å². The van der Waals surface area contributed by atoms with Crippen molar-refractivity contribution in [1.29, 1.82) is 0 Å². The van der Waals surface area contributed by atoms with Crippen molar-refractivity contribution in [2.45, 2.75) is 17.8 Å². The molecule has 5 nitrogen and oxygen atoms in total. The first-order chi connectivity index (χ1) is 11.7. The number of thioether (sulfide) groups is 1. The Morgan fingerprint density at radius 1 is 1.25 bits per heavy atom. The van der Waals surface area contributed by atoms with E-state index in [9.17, 15) is 4.79 Å². The Hall–Kier alpha value is -2.38. The van der Waals surface area contributed by atoms with Crippen molar-refractivity contribution in [3.05, 3.63) is 75.9 Å². The molecule has 0 spiro atoms. The molecular weight excluding hydrogens is 340 g/mol. The van der Waals surface area contributed by atoms with Gasteiger partial charge in [-0.3, -0.25) is 13.8 Å². The van der Waals surface area contributed by atoms with E-state index in [1.807, 2.05) is 23.7 Å². The number of benzene rings is 1. The topological polar surface area (TPSA) is 52.2 Å². The maximum atomic E-state index is 12.1. The maximum Gasteiger partial charge on any atom is 0.258 e. The van der Waals surface area contributed by atoms with Gasteiger partial charge in [-0.1, -0.05) is 30.0 Å². The van der Waals surface area contributed by atoms with Gasteiger partial charge < -0.3 is 0 Å². The molecule has 4 rings (SSSR count). The molecule has 4 aromatic rings. The molecule has 120 valence electrons. The first kappa shape index (κ1) is 15.2. The van der Waals surface area contributed by atoms with Gasteiger partial charge in [-0.15, -0.1) is 11.3 Å². The lowest BCUT2D eigenvalue weighted by Crippen LogP contribution is -2.12. The number of nitrogens with zero attached hydrogens (tertiary/aromatic N) is 4. The van der Waals surface area contributed by atoms with Crippen molar-refractivity contribution in [3.8, 4) is 5.69 Å².